The quantitative estimate of drug-likeness (QED) is 0.779. The number of carboxylic acids is 1. The first-order chi connectivity index (χ1) is 6.29. The van der Waals surface area contributed by atoms with Crippen molar-refractivity contribution in [3.05, 3.63) is 36.0 Å². The predicted molar refractivity (Wildman–Crippen MR) is 53.7 cm³/mol. The lowest BCUT2D eigenvalue weighted by Gasteiger charge is -1.98. The van der Waals surface area contributed by atoms with Crippen LogP contribution in [0.15, 0.2) is 30.5 Å². The Hall–Kier alpha value is -1.68. The van der Waals surface area contributed by atoms with Crippen LogP contribution in [0.25, 0.3) is 10.9 Å². The van der Waals surface area contributed by atoms with Crippen molar-refractivity contribution < 1.29 is 9.90 Å². The molecule has 1 N–H and O–H groups in total. The highest BCUT2D eigenvalue weighted by Gasteiger charge is 2.08. The van der Waals surface area contributed by atoms with Gasteiger partial charge in [0.2, 0.25) is 0 Å². The van der Waals surface area contributed by atoms with Gasteiger partial charge in [-0.1, -0.05) is 12.1 Å². The van der Waals surface area contributed by atoms with E-state index in [1.807, 2.05) is 0 Å². The molecule has 0 aliphatic rings. The lowest BCUT2D eigenvalue weighted by atomic mass is 10.1. The summed E-state index contributed by atoms with van der Waals surface area (Å²) in [6, 6.07) is 6.73. The molecule has 0 fully saturated rings. The molecule has 5 heteroatoms. The molecule has 1 aromatic carbocycles. The fourth-order valence-corrected chi connectivity index (χ4v) is 1.18. The number of rotatable bonds is 1. The van der Waals surface area contributed by atoms with Gasteiger partial charge in [0, 0.05) is 5.39 Å². The van der Waals surface area contributed by atoms with Crippen LogP contribution in [0, 0.1) is 0 Å². The number of nitrogens with zero attached hydrogens (tertiary/aromatic N) is 2. The Morgan fingerprint density at radius 1 is 1.29 bits per heavy atom. The van der Waals surface area contributed by atoms with E-state index >= 15 is 0 Å². The van der Waals surface area contributed by atoms with E-state index in [2.05, 4.69) is 10.2 Å². The first-order valence-electron chi connectivity index (χ1n) is 3.73. The Kier molecular flexibility index (Phi) is 2.99. The number of carboxylic acid groups (broad SMARTS) is 1. The van der Waals surface area contributed by atoms with E-state index in [1.54, 1.807) is 18.2 Å². The van der Waals surface area contributed by atoms with Crippen molar-refractivity contribution in [3.8, 4) is 0 Å². The molecule has 0 aliphatic carbocycles. The van der Waals surface area contributed by atoms with Crippen molar-refractivity contribution in [1.82, 2.24) is 10.2 Å². The minimum Gasteiger partial charge on any atom is -0.478 e. The molecule has 0 amide bonds. The molecule has 0 unspecified atom stereocenters. The minimum atomic E-state index is -0.980. The molecule has 2 aromatic rings. The van der Waals surface area contributed by atoms with Crippen LogP contribution in [0.1, 0.15) is 10.4 Å². The van der Waals surface area contributed by atoms with Gasteiger partial charge in [0.25, 0.3) is 0 Å². The maximum atomic E-state index is 10.7. The predicted octanol–water partition coefficient (Wildman–Crippen LogP) is 1.75. The molecule has 0 saturated carbocycles. The fraction of sp³-hybridized carbons (Fsp3) is 0. The molecular formula is C9H7ClN2O2. The third-order valence-corrected chi connectivity index (χ3v) is 1.78. The molecule has 14 heavy (non-hydrogen) atoms. The number of aromatic carboxylic acids is 1. The van der Waals surface area contributed by atoms with E-state index in [1.165, 1.54) is 12.3 Å². The zero-order chi connectivity index (χ0) is 9.26. The summed E-state index contributed by atoms with van der Waals surface area (Å²) in [7, 11) is 0. The van der Waals surface area contributed by atoms with Gasteiger partial charge in [0.1, 0.15) is 5.52 Å². The average molecular weight is 211 g/mol. The topological polar surface area (TPSA) is 63.1 Å². The van der Waals surface area contributed by atoms with Gasteiger partial charge in [0.05, 0.1) is 11.8 Å². The summed E-state index contributed by atoms with van der Waals surface area (Å²) < 4.78 is 0. The lowest BCUT2D eigenvalue weighted by Crippen LogP contribution is -1.98. The molecule has 0 aliphatic heterocycles. The number of benzene rings is 1. The number of aromatic nitrogens is 2. The van der Waals surface area contributed by atoms with Crippen molar-refractivity contribution in [2.75, 3.05) is 0 Å². The van der Waals surface area contributed by atoms with E-state index in [0.29, 0.717) is 5.52 Å². The Morgan fingerprint density at radius 2 is 2.07 bits per heavy atom. The maximum Gasteiger partial charge on any atom is 0.337 e. The van der Waals surface area contributed by atoms with Crippen LogP contribution in [0.5, 0.6) is 0 Å². The van der Waals surface area contributed by atoms with E-state index < -0.39 is 5.97 Å². The molecule has 72 valence electrons. The van der Waals surface area contributed by atoms with Crippen LogP contribution in [-0.4, -0.2) is 21.3 Å². The SMILES string of the molecule is Cl.O=C(O)c1cccc2ccnnc12. The van der Waals surface area contributed by atoms with Crippen molar-refractivity contribution in [3.63, 3.8) is 0 Å². The standard InChI is InChI=1S/C9H6N2O2.ClH/c12-9(13)7-3-1-2-6-4-5-10-11-8(6)7;/h1-5H,(H,12,13);1H. The van der Waals surface area contributed by atoms with Crippen molar-refractivity contribution in [2.45, 2.75) is 0 Å². The molecule has 4 nitrogen and oxygen atoms in total. The highest BCUT2D eigenvalue weighted by molar-refractivity contribution is 6.01. The number of hydrogen-bond acceptors (Lipinski definition) is 3. The minimum absolute atomic E-state index is 0. The van der Waals surface area contributed by atoms with Crippen molar-refractivity contribution >= 4 is 29.3 Å². The first-order valence-corrected chi connectivity index (χ1v) is 3.73. The van der Waals surface area contributed by atoms with Gasteiger partial charge in [0.15, 0.2) is 0 Å². The monoisotopic (exact) mass is 210 g/mol. The molecule has 0 atom stereocenters. The summed E-state index contributed by atoms with van der Waals surface area (Å²) in [5, 5.41) is 17.0. The molecule has 0 spiro atoms. The highest BCUT2D eigenvalue weighted by Crippen LogP contribution is 2.14. The maximum absolute atomic E-state index is 10.7. The van der Waals surface area contributed by atoms with Gasteiger partial charge in [-0.15, -0.1) is 17.5 Å². The zero-order valence-electron chi connectivity index (χ0n) is 7.04. The second-order valence-corrected chi connectivity index (χ2v) is 2.58. The normalized spacial score (nSPS) is 9.43. The summed E-state index contributed by atoms with van der Waals surface area (Å²) in [4.78, 5) is 10.7. The van der Waals surface area contributed by atoms with Crippen LogP contribution in [0.4, 0.5) is 0 Å². The van der Waals surface area contributed by atoms with Crippen LogP contribution in [0.2, 0.25) is 0 Å². The molecule has 2 rings (SSSR count). The van der Waals surface area contributed by atoms with Crippen molar-refractivity contribution in [1.29, 1.82) is 0 Å². The Morgan fingerprint density at radius 3 is 2.79 bits per heavy atom. The second kappa shape index (κ2) is 4.02. The Labute approximate surface area is 86.0 Å². The van der Waals surface area contributed by atoms with Crippen LogP contribution in [0.3, 0.4) is 0 Å². The fourth-order valence-electron chi connectivity index (χ4n) is 1.18. The summed E-state index contributed by atoms with van der Waals surface area (Å²) >= 11 is 0. The van der Waals surface area contributed by atoms with Gasteiger partial charge < -0.3 is 5.11 Å². The lowest BCUT2D eigenvalue weighted by molar-refractivity contribution is 0.0699. The zero-order valence-corrected chi connectivity index (χ0v) is 7.86. The number of fused-ring (bicyclic) bond motifs is 1. The van der Waals surface area contributed by atoms with E-state index in [-0.39, 0.29) is 18.0 Å². The van der Waals surface area contributed by atoms with Gasteiger partial charge in [-0.05, 0) is 12.1 Å². The molecule has 0 saturated heterocycles. The van der Waals surface area contributed by atoms with E-state index in [9.17, 15) is 4.79 Å². The van der Waals surface area contributed by atoms with Gasteiger partial charge in [-0.25, -0.2) is 4.79 Å². The first kappa shape index (κ1) is 10.4. The number of halogens is 1. The van der Waals surface area contributed by atoms with E-state index in [0.717, 1.165) is 5.39 Å². The molecule has 1 aromatic heterocycles. The third-order valence-electron chi connectivity index (χ3n) is 1.78. The second-order valence-electron chi connectivity index (χ2n) is 2.58. The van der Waals surface area contributed by atoms with E-state index in [4.69, 9.17) is 5.11 Å². The van der Waals surface area contributed by atoms with Gasteiger partial charge >= 0.3 is 5.97 Å². The molecule has 0 radical (unpaired) electrons. The van der Waals surface area contributed by atoms with Crippen LogP contribution < -0.4 is 0 Å². The Bertz CT molecular complexity index is 468. The number of hydrogen-bond donors (Lipinski definition) is 1. The Balaban J connectivity index is 0.000000980. The highest BCUT2D eigenvalue weighted by atomic mass is 35.5. The summed E-state index contributed by atoms with van der Waals surface area (Å²) in [5.74, 6) is -0.980. The van der Waals surface area contributed by atoms with Gasteiger partial charge in [-0.2, -0.15) is 5.10 Å². The van der Waals surface area contributed by atoms with Gasteiger partial charge in [-0.3, -0.25) is 0 Å². The summed E-state index contributed by atoms with van der Waals surface area (Å²) in [5.41, 5.74) is 0.614. The van der Waals surface area contributed by atoms with Crippen LogP contribution in [-0.2, 0) is 0 Å². The van der Waals surface area contributed by atoms with Crippen molar-refractivity contribution in [2.24, 2.45) is 0 Å². The molecular weight excluding hydrogens is 204 g/mol. The smallest absolute Gasteiger partial charge is 0.337 e. The third kappa shape index (κ3) is 1.65. The summed E-state index contributed by atoms with van der Waals surface area (Å²) in [6.07, 6.45) is 1.54. The summed E-state index contributed by atoms with van der Waals surface area (Å²) in [6.45, 7) is 0. The molecule has 1 heterocycles. The number of carbonyl (C=O) groups is 1. The molecule has 0 bridgehead atoms. The van der Waals surface area contributed by atoms with Crippen LogP contribution >= 0.6 is 12.4 Å². The largest absolute Gasteiger partial charge is 0.478 e. The average Bonchev–Trinajstić information content (AvgIpc) is 2.17.